The molecular weight excluding hydrogens is 1320 g/mol. The lowest BCUT2D eigenvalue weighted by Gasteiger charge is -2.21. The fourth-order valence-electron chi connectivity index (χ4n) is 7.56. The number of benzene rings is 8. The van der Waals surface area contributed by atoms with Crippen LogP contribution in [-0.4, -0.2) is 49.1 Å². The molecule has 0 unspecified atom stereocenters. The molecule has 0 aliphatic rings. The Kier molecular flexibility index (Phi) is 28.0. The highest BCUT2D eigenvalue weighted by molar-refractivity contribution is 8.00. The second-order valence-electron chi connectivity index (χ2n) is 18.9. The average molecular weight is 1370 g/mol. The molecule has 0 aromatic heterocycles. The molecule has 0 fully saturated rings. The lowest BCUT2D eigenvalue weighted by Crippen LogP contribution is -2.22. The molecule has 0 bridgehead atoms. The van der Waals surface area contributed by atoms with E-state index in [9.17, 15) is 71.9 Å². The van der Waals surface area contributed by atoms with Crippen LogP contribution in [0.4, 0.5) is 75.4 Å². The van der Waals surface area contributed by atoms with Crippen molar-refractivity contribution in [3.05, 3.63) is 237 Å². The van der Waals surface area contributed by atoms with Gasteiger partial charge < -0.3 is 19.6 Å². The van der Waals surface area contributed by atoms with Crippen molar-refractivity contribution >= 4 is 119 Å². The van der Waals surface area contributed by atoms with Crippen LogP contribution >= 0.6 is 70.2 Å². The van der Waals surface area contributed by atoms with Crippen LogP contribution < -0.4 is 19.6 Å². The lowest BCUT2D eigenvalue weighted by atomic mass is 10.1. The SMILES string of the molecule is Cc1ccccc1SCN(C=O)c1cc(C(F)(F)F)cc(C(F)(F)F)c1.Cc1ccccc1SCN(C=O)c1ccc(C(F)(F)F)cc1.Cc1ccccc1SCN(C=O)c1ccc(Cl)c(Cl)c1.Cc1ccccc1SCN(C=O)c1cccc(C(F)(F)F)c1. The van der Waals surface area contributed by atoms with Crippen LogP contribution in [0.5, 0.6) is 0 Å². The number of hydrogen-bond donors (Lipinski definition) is 0. The van der Waals surface area contributed by atoms with Crippen molar-refractivity contribution in [1.29, 1.82) is 0 Å². The minimum absolute atomic E-state index is 0.0287. The molecule has 0 spiro atoms. The standard InChI is InChI=1S/C17H13F6NOS.2C16H14F3NOS.C15H13Cl2NOS/c1-11-4-2-3-5-15(11)26-10-24(9-25)14-7-12(16(18,19)20)6-13(8-14)17(21,22)23;1-12-5-2-3-8-15(12)22-11-20(10-21)14-7-4-6-13(9-14)16(17,18)19;1-12-4-2-3-5-15(12)22-11-20(10-21)14-8-6-13(7-9-14)16(17,18)19;1-11-4-2-3-5-15(11)20-10-18(9-19)12-6-7-13(16)14(17)8-12/h2-9H,10H2,1H3;2*2-10H,11H2,1H3;2-9H,10H2,1H3. The summed E-state index contributed by atoms with van der Waals surface area (Å²) in [4.78, 5) is 53.9. The van der Waals surface area contributed by atoms with E-state index in [1.807, 2.05) is 93.6 Å². The Morgan fingerprint density at radius 3 is 0.933 bits per heavy atom. The molecule has 8 aromatic carbocycles. The van der Waals surface area contributed by atoms with Gasteiger partial charge in [0, 0.05) is 42.3 Å². The van der Waals surface area contributed by atoms with Gasteiger partial charge in [-0.2, -0.15) is 52.7 Å². The van der Waals surface area contributed by atoms with Gasteiger partial charge in [0.1, 0.15) is 0 Å². The zero-order valence-corrected chi connectivity index (χ0v) is 52.6. The van der Waals surface area contributed by atoms with Crippen molar-refractivity contribution in [3.8, 4) is 0 Å². The van der Waals surface area contributed by atoms with Gasteiger partial charge in [-0.1, -0.05) is 102 Å². The Labute approximate surface area is 538 Å². The summed E-state index contributed by atoms with van der Waals surface area (Å²) in [6.45, 7) is 7.76. The van der Waals surface area contributed by atoms with Gasteiger partial charge in [0.05, 0.1) is 55.8 Å². The van der Waals surface area contributed by atoms with Crippen LogP contribution in [0.15, 0.2) is 202 Å². The van der Waals surface area contributed by atoms with Crippen LogP contribution in [0, 0.1) is 27.7 Å². The minimum Gasteiger partial charge on any atom is -0.305 e. The number of hydrogen-bond acceptors (Lipinski definition) is 8. The number of carbonyl (C=O) groups excluding carboxylic acids is 4. The maximum absolute atomic E-state index is 12.9. The third-order valence-corrected chi connectivity index (χ3v) is 17.9. The molecule has 90 heavy (non-hydrogen) atoms. The van der Waals surface area contributed by atoms with Crippen molar-refractivity contribution in [2.24, 2.45) is 0 Å². The summed E-state index contributed by atoms with van der Waals surface area (Å²) < 4.78 is 153. The van der Waals surface area contributed by atoms with Gasteiger partial charge in [-0.3, -0.25) is 19.2 Å². The Morgan fingerprint density at radius 1 is 0.311 bits per heavy atom. The minimum atomic E-state index is -4.96. The third kappa shape index (κ3) is 22.9. The summed E-state index contributed by atoms with van der Waals surface area (Å²) in [5.41, 5.74) is 0.722. The molecule has 0 saturated carbocycles. The maximum atomic E-state index is 12.9. The Bertz CT molecular complexity index is 3620. The summed E-state index contributed by atoms with van der Waals surface area (Å²) in [5, 5.41) is 0.921. The number of thioether (sulfide) groups is 4. The highest BCUT2D eigenvalue weighted by atomic mass is 35.5. The first-order chi connectivity index (χ1) is 42.5. The zero-order valence-electron chi connectivity index (χ0n) is 47.8. The van der Waals surface area contributed by atoms with Gasteiger partial charge >= 0.3 is 24.7 Å². The van der Waals surface area contributed by atoms with E-state index >= 15 is 0 Å². The van der Waals surface area contributed by atoms with Crippen molar-refractivity contribution in [3.63, 3.8) is 0 Å². The number of nitrogens with zero attached hydrogens (tertiary/aromatic N) is 4. The maximum Gasteiger partial charge on any atom is 0.416 e. The summed E-state index contributed by atoms with van der Waals surface area (Å²) in [5.74, 6) is 0.967. The largest absolute Gasteiger partial charge is 0.416 e. The molecule has 0 N–H and O–H groups in total. The predicted octanol–water partition coefficient (Wildman–Crippen LogP) is 20.2. The van der Waals surface area contributed by atoms with Gasteiger partial charge in [-0.05, 0) is 153 Å². The van der Waals surface area contributed by atoms with E-state index in [0.717, 1.165) is 89.3 Å². The number of amides is 4. The second kappa shape index (κ2) is 34.3. The first-order valence-electron chi connectivity index (χ1n) is 26.2. The van der Waals surface area contributed by atoms with Gasteiger partial charge in [-0.15, -0.1) is 47.0 Å². The van der Waals surface area contributed by atoms with Gasteiger partial charge in [0.25, 0.3) is 0 Å². The number of carbonyl (C=O) groups is 4. The van der Waals surface area contributed by atoms with Crippen LogP contribution in [0.1, 0.15) is 44.5 Å². The molecule has 8 rings (SSSR count). The number of halogens is 14. The first-order valence-corrected chi connectivity index (χ1v) is 30.9. The molecule has 0 aliphatic heterocycles. The third-order valence-electron chi connectivity index (χ3n) is 12.5. The quantitative estimate of drug-likeness (QED) is 0.0323. The molecule has 26 heteroatoms. The molecule has 0 heterocycles. The van der Waals surface area contributed by atoms with Crippen molar-refractivity contribution in [2.45, 2.75) is 72.0 Å². The highest BCUT2D eigenvalue weighted by Crippen LogP contribution is 2.40. The van der Waals surface area contributed by atoms with E-state index in [1.54, 1.807) is 66.1 Å². The fourth-order valence-corrected chi connectivity index (χ4v) is 11.7. The molecule has 0 aliphatic carbocycles. The van der Waals surface area contributed by atoms with Crippen molar-refractivity contribution < 1.29 is 71.9 Å². The fraction of sp³-hybridized carbons (Fsp3) is 0.188. The number of aryl methyl sites for hydroxylation is 4. The number of alkyl halides is 12. The molecule has 4 amide bonds. The van der Waals surface area contributed by atoms with Crippen LogP contribution in [0.2, 0.25) is 10.0 Å². The van der Waals surface area contributed by atoms with E-state index in [4.69, 9.17) is 23.2 Å². The van der Waals surface area contributed by atoms with Gasteiger partial charge in [0.15, 0.2) is 0 Å². The van der Waals surface area contributed by atoms with E-state index < -0.39 is 52.6 Å². The summed E-state index contributed by atoms with van der Waals surface area (Å²) in [6, 6.07) is 46.1. The van der Waals surface area contributed by atoms with E-state index in [1.165, 1.54) is 63.2 Å². The predicted molar refractivity (Wildman–Crippen MR) is 338 cm³/mol. The van der Waals surface area contributed by atoms with Gasteiger partial charge in [-0.25, -0.2) is 0 Å². The summed E-state index contributed by atoms with van der Waals surface area (Å²) in [6.07, 6.45) is -16.6. The Balaban J connectivity index is 0.000000219. The zero-order chi connectivity index (χ0) is 66.4. The van der Waals surface area contributed by atoms with Crippen molar-refractivity contribution in [1.82, 2.24) is 0 Å². The molecule has 0 atom stereocenters. The smallest absolute Gasteiger partial charge is 0.305 e. The molecule has 0 radical (unpaired) electrons. The molecule has 476 valence electrons. The Morgan fingerprint density at radius 2 is 0.611 bits per heavy atom. The lowest BCUT2D eigenvalue weighted by molar-refractivity contribution is -0.143. The van der Waals surface area contributed by atoms with E-state index in [2.05, 4.69) is 0 Å². The summed E-state index contributed by atoms with van der Waals surface area (Å²) in [7, 11) is 0. The van der Waals surface area contributed by atoms with Crippen LogP contribution in [-0.2, 0) is 43.9 Å². The molecular formula is C64H54Cl2F12N4O4S4. The normalized spacial score (nSPS) is 11.3. The molecule has 8 aromatic rings. The first kappa shape index (κ1) is 73.5. The van der Waals surface area contributed by atoms with Crippen LogP contribution in [0.25, 0.3) is 0 Å². The van der Waals surface area contributed by atoms with Crippen molar-refractivity contribution in [2.75, 3.05) is 43.1 Å². The topological polar surface area (TPSA) is 81.2 Å². The monoisotopic (exact) mass is 1370 g/mol. The van der Waals surface area contributed by atoms with E-state index in [-0.39, 0.29) is 29.9 Å². The van der Waals surface area contributed by atoms with Gasteiger partial charge in [0.2, 0.25) is 25.6 Å². The Hall–Kier alpha value is -7.22. The number of anilines is 4. The summed E-state index contributed by atoms with van der Waals surface area (Å²) >= 11 is 17.4. The molecule has 8 nitrogen and oxygen atoms in total. The van der Waals surface area contributed by atoms with E-state index in [0.29, 0.717) is 52.4 Å². The second-order valence-corrected chi connectivity index (χ2v) is 23.7. The molecule has 0 saturated heterocycles. The average Bonchev–Trinajstić information content (AvgIpc) is 1.02. The van der Waals surface area contributed by atoms with Crippen LogP contribution in [0.3, 0.4) is 0 Å². The highest BCUT2D eigenvalue weighted by Gasteiger charge is 2.38. The number of rotatable bonds is 20.